The highest BCUT2D eigenvalue weighted by molar-refractivity contribution is 9.10. The zero-order valence-corrected chi connectivity index (χ0v) is 12.0. The lowest BCUT2D eigenvalue weighted by Crippen LogP contribution is -2.05. The summed E-state index contributed by atoms with van der Waals surface area (Å²) in [5.74, 6) is 0.521. The number of para-hydroxylation sites is 1. The fourth-order valence-corrected chi connectivity index (χ4v) is 2.13. The third kappa shape index (κ3) is 2.18. The molecule has 20 heavy (non-hydrogen) atoms. The summed E-state index contributed by atoms with van der Waals surface area (Å²) in [5, 5.41) is 8.61. The molecule has 0 aliphatic rings. The Morgan fingerprint density at radius 1 is 1.20 bits per heavy atom. The van der Waals surface area contributed by atoms with E-state index >= 15 is 0 Å². The van der Waals surface area contributed by atoms with E-state index in [-0.39, 0.29) is 0 Å². The molecular formula is C14H9BrN2O3. The maximum atomic E-state index is 12.1. The van der Waals surface area contributed by atoms with E-state index in [0.29, 0.717) is 27.2 Å². The lowest BCUT2D eigenvalue weighted by atomic mass is 10.1. The van der Waals surface area contributed by atoms with Crippen LogP contribution < -0.4 is 10.4 Å². The minimum Gasteiger partial charge on any atom is -0.493 e. The first-order chi connectivity index (χ1) is 9.69. The van der Waals surface area contributed by atoms with E-state index in [1.165, 1.54) is 7.11 Å². The van der Waals surface area contributed by atoms with E-state index in [9.17, 15) is 4.79 Å². The monoisotopic (exact) mass is 332 g/mol. The van der Waals surface area contributed by atoms with Crippen LogP contribution in [0.25, 0.3) is 22.2 Å². The number of fused-ring (bicyclic) bond motifs is 1. The van der Waals surface area contributed by atoms with Gasteiger partial charge in [-0.2, -0.15) is 0 Å². The molecule has 0 fully saturated rings. The van der Waals surface area contributed by atoms with Gasteiger partial charge in [0.2, 0.25) is 0 Å². The second-order valence-electron chi connectivity index (χ2n) is 4.07. The van der Waals surface area contributed by atoms with Gasteiger partial charge < -0.3 is 9.15 Å². The van der Waals surface area contributed by atoms with Gasteiger partial charge in [-0.05, 0) is 40.2 Å². The van der Waals surface area contributed by atoms with Crippen LogP contribution in [-0.2, 0) is 0 Å². The Kier molecular flexibility index (Phi) is 3.23. The molecule has 0 aliphatic heterocycles. The van der Waals surface area contributed by atoms with Gasteiger partial charge in [-0.25, -0.2) is 4.79 Å². The SMILES string of the molecule is COc1cccc2cc(-c3ccc(Br)nn3)c(=O)oc12. The molecule has 1 aromatic carbocycles. The first-order valence-corrected chi connectivity index (χ1v) is 6.59. The minimum absolute atomic E-state index is 0.366. The zero-order chi connectivity index (χ0) is 14.1. The van der Waals surface area contributed by atoms with Crippen molar-refractivity contribution in [2.75, 3.05) is 7.11 Å². The van der Waals surface area contributed by atoms with Crippen LogP contribution in [0.1, 0.15) is 0 Å². The minimum atomic E-state index is -0.473. The van der Waals surface area contributed by atoms with Crippen molar-refractivity contribution in [2.24, 2.45) is 0 Å². The van der Waals surface area contributed by atoms with Gasteiger partial charge in [-0.1, -0.05) is 12.1 Å². The van der Waals surface area contributed by atoms with Gasteiger partial charge >= 0.3 is 5.63 Å². The van der Waals surface area contributed by atoms with Crippen LogP contribution in [-0.4, -0.2) is 17.3 Å². The highest BCUT2D eigenvalue weighted by atomic mass is 79.9. The second kappa shape index (κ2) is 5.05. The van der Waals surface area contributed by atoms with E-state index in [1.54, 1.807) is 24.3 Å². The number of halogens is 1. The van der Waals surface area contributed by atoms with Crippen molar-refractivity contribution in [3.05, 3.63) is 51.4 Å². The van der Waals surface area contributed by atoms with E-state index in [2.05, 4.69) is 26.1 Å². The number of nitrogens with zero attached hydrogens (tertiary/aromatic N) is 2. The van der Waals surface area contributed by atoms with Crippen molar-refractivity contribution in [3.63, 3.8) is 0 Å². The molecule has 0 spiro atoms. The van der Waals surface area contributed by atoms with Crippen LogP contribution in [0.5, 0.6) is 5.75 Å². The van der Waals surface area contributed by atoms with Crippen molar-refractivity contribution in [2.45, 2.75) is 0 Å². The van der Waals surface area contributed by atoms with Crippen LogP contribution in [0, 0.1) is 0 Å². The number of aromatic nitrogens is 2. The second-order valence-corrected chi connectivity index (χ2v) is 4.88. The fourth-order valence-electron chi connectivity index (χ4n) is 1.92. The Morgan fingerprint density at radius 3 is 2.75 bits per heavy atom. The van der Waals surface area contributed by atoms with E-state index in [0.717, 1.165) is 5.39 Å². The van der Waals surface area contributed by atoms with E-state index in [4.69, 9.17) is 9.15 Å². The summed E-state index contributed by atoms with van der Waals surface area (Å²) in [5.41, 5.74) is 0.782. The molecule has 0 atom stereocenters. The predicted molar refractivity (Wildman–Crippen MR) is 77.8 cm³/mol. The lowest BCUT2D eigenvalue weighted by Gasteiger charge is -2.05. The normalized spacial score (nSPS) is 10.7. The number of benzene rings is 1. The maximum absolute atomic E-state index is 12.1. The van der Waals surface area contributed by atoms with Gasteiger partial charge in [0.25, 0.3) is 0 Å². The van der Waals surface area contributed by atoms with Gasteiger partial charge in [0, 0.05) is 5.39 Å². The Bertz CT molecular complexity index is 828. The van der Waals surface area contributed by atoms with Gasteiger partial charge in [-0.15, -0.1) is 10.2 Å². The average Bonchev–Trinajstić information content (AvgIpc) is 2.47. The first kappa shape index (κ1) is 12.8. The third-order valence-electron chi connectivity index (χ3n) is 2.85. The van der Waals surface area contributed by atoms with Crippen molar-refractivity contribution >= 4 is 26.9 Å². The fraction of sp³-hybridized carbons (Fsp3) is 0.0714. The molecule has 0 radical (unpaired) electrons. The van der Waals surface area contributed by atoms with Crippen LogP contribution in [0.2, 0.25) is 0 Å². The van der Waals surface area contributed by atoms with Gasteiger partial charge in [0.1, 0.15) is 10.3 Å². The largest absolute Gasteiger partial charge is 0.493 e. The average molecular weight is 333 g/mol. The molecule has 0 unspecified atom stereocenters. The van der Waals surface area contributed by atoms with Crippen LogP contribution >= 0.6 is 15.9 Å². The Labute approximate surface area is 122 Å². The van der Waals surface area contributed by atoms with Crippen LogP contribution in [0.4, 0.5) is 0 Å². The number of hydrogen-bond acceptors (Lipinski definition) is 5. The molecule has 0 amide bonds. The lowest BCUT2D eigenvalue weighted by molar-refractivity contribution is 0.407. The molecule has 0 saturated heterocycles. The number of hydrogen-bond donors (Lipinski definition) is 0. The molecule has 2 aromatic heterocycles. The molecule has 3 aromatic rings. The molecule has 3 rings (SSSR count). The van der Waals surface area contributed by atoms with Crippen LogP contribution in [0.3, 0.4) is 0 Å². The van der Waals surface area contributed by atoms with Crippen molar-refractivity contribution < 1.29 is 9.15 Å². The highest BCUT2D eigenvalue weighted by Crippen LogP contribution is 2.26. The molecule has 0 aliphatic carbocycles. The molecule has 6 heteroatoms. The molecular weight excluding hydrogens is 324 g/mol. The topological polar surface area (TPSA) is 65.2 Å². The van der Waals surface area contributed by atoms with Gasteiger partial charge in [0.05, 0.1) is 12.7 Å². The number of rotatable bonds is 2. The summed E-state index contributed by atoms with van der Waals surface area (Å²) in [4.78, 5) is 12.1. The Morgan fingerprint density at radius 2 is 2.05 bits per heavy atom. The molecule has 2 heterocycles. The smallest absolute Gasteiger partial charge is 0.345 e. The van der Waals surface area contributed by atoms with Crippen molar-refractivity contribution in [3.8, 4) is 17.0 Å². The summed E-state index contributed by atoms with van der Waals surface area (Å²) < 4.78 is 11.1. The maximum Gasteiger partial charge on any atom is 0.345 e. The Balaban J connectivity index is 2.25. The van der Waals surface area contributed by atoms with Crippen LogP contribution in [0.15, 0.2) is 50.2 Å². The first-order valence-electron chi connectivity index (χ1n) is 5.79. The molecule has 0 N–H and O–H groups in total. The summed E-state index contributed by atoms with van der Waals surface area (Å²) in [6.07, 6.45) is 0. The molecule has 0 bridgehead atoms. The summed E-state index contributed by atoms with van der Waals surface area (Å²) in [7, 11) is 1.53. The Hall–Kier alpha value is -2.21. The summed E-state index contributed by atoms with van der Waals surface area (Å²) in [6, 6.07) is 10.6. The number of methoxy groups -OCH3 is 1. The quantitative estimate of drug-likeness (QED) is 0.675. The van der Waals surface area contributed by atoms with Crippen molar-refractivity contribution in [1.29, 1.82) is 0 Å². The van der Waals surface area contributed by atoms with Gasteiger partial charge in [0.15, 0.2) is 11.3 Å². The number of ether oxygens (including phenoxy) is 1. The molecule has 100 valence electrons. The van der Waals surface area contributed by atoms with E-state index in [1.807, 2.05) is 12.1 Å². The van der Waals surface area contributed by atoms with E-state index < -0.39 is 5.63 Å². The van der Waals surface area contributed by atoms with Gasteiger partial charge in [-0.3, -0.25) is 0 Å². The summed E-state index contributed by atoms with van der Waals surface area (Å²) in [6.45, 7) is 0. The zero-order valence-electron chi connectivity index (χ0n) is 10.5. The highest BCUT2D eigenvalue weighted by Gasteiger charge is 2.12. The molecule has 5 nitrogen and oxygen atoms in total. The molecule has 0 saturated carbocycles. The predicted octanol–water partition coefficient (Wildman–Crippen LogP) is 3.02. The standard InChI is InChI=1S/C14H9BrN2O3/c1-19-11-4-2-3-8-7-9(14(18)20-13(8)11)10-5-6-12(15)17-16-10/h2-7H,1H3. The van der Waals surface area contributed by atoms with Crippen molar-refractivity contribution in [1.82, 2.24) is 10.2 Å². The summed E-state index contributed by atoms with van der Waals surface area (Å²) >= 11 is 3.20. The third-order valence-corrected chi connectivity index (χ3v) is 3.27.